The van der Waals surface area contributed by atoms with E-state index in [0.717, 1.165) is 83.5 Å². The monoisotopic (exact) mass is 999 g/mol. The molecule has 0 aromatic carbocycles. The first kappa shape index (κ1) is 67.7. The molecule has 406 valence electrons. The second-order valence-corrected chi connectivity index (χ2v) is 22.0. The van der Waals surface area contributed by atoms with Gasteiger partial charge in [-0.15, -0.1) is 0 Å². The summed E-state index contributed by atoms with van der Waals surface area (Å²) < 4.78 is 23.4. The lowest BCUT2D eigenvalue weighted by molar-refractivity contribution is -0.870. The molecule has 0 aromatic heterocycles. The van der Waals surface area contributed by atoms with Crippen molar-refractivity contribution in [2.24, 2.45) is 0 Å². The quantitative estimate of drug-likeness (QED) is 0.0272. The molecule has 0 aliphatic rings. The number of rotatable bonds is 52. The number of hydrogen-bond donors (Lipinski definition) is 2. The standard InChI is InChI=1S/C61H111N2O6P/c1-6-8-10-12-14-16-18-20-22-24-26-27-28-29-30-31-32-33-34-35-37-39-41-43-45-47-49-51-53-55-61(65)62-59(58-69-70(66,67)68-57-56-63(3,4)5)60(64)54-52-50-48-46-44-42-40-38-36-25-23-21-19-17-15-13-11-9-7-2/h8,10,14,16,20,22,26-27,29-30,32-33,52,54,59-60,64H,6-7,9,11-13,15,17-19,21,23-25,28,31,34-51,53,55-58H2,1-5H3,(H-,62,65,66,67)/b10-8-,16-14-,22-20-,27-26-,30-29-,33-32-,54-52+. The van der Waals surface area contributed by atoms with Gasteiger partial charge in [0.2, 0.25) is 5.91 Å². The fourth-order valence-electron chi connectivity index (χ4n) is 8.10. The molecule has 2 N–H and O–H groups in total. The van der Waals surface area contributed by atoms with Crippen LogP contribution < -0.4 is 10.2 Å². The predicted octanol–water partition coefficient (Wildman–Crippen LogP) is 17.0. The van der Waals surface area contributed by atoms with Crippen LogP contribution >= 0.6 is 7.82 Å². The van der Waals surface area contributed by atoms with E-state index in [1.807, 2.05) is 27.2 Å². The molecule has 0 aliphatic carbocycles. The van der Waals surface area contributed by atoms with Crippen molar-refractivity contribution in [3.8, 4) is 0 Å². The van der Waals surface area contributed by atoms with Gasteiger partial charge in [0.25, 0.3) is 7.82 Å². The van der Waals surface area contributed by atoms with Gasteiger partial charge in [-0.3, -0.25) is 9.36 Å². The third kappa shape index (κ3) is 53.5. The molecule has 0 radical (unpaired) electrons. The average Bonchev–Trinajstić information content (AvgIpc) is 3.32. The van der Waals surface area contributed by atoms with Crippen molar-refractivity contribution >= 4 is 13.7 Å². The van der Waals surface area contributed by atoms with Crippen molar-refractivity contribution in [2.75, 3.05) is 40.9 Å². The van der Waals surface area contributed by atoms with Crippen molar-refractivity contribution < 1.29 is 32.9 Å². The van der Waals surface area contributed by atoms with Crippen molar-refractivity contribution in [1.82, 2.24) is 5.32 Å². The fourth-order valence-corrected chi connectivity index (χ4v) is 8.82. The number of quaternary nitrogens is 1. The first-order valence-corrected chi connectivity index (χ1v) is 30.4. The summed E-state index contributed by atoms with van der Waals surface area (Å²) in [5.74, 6) is -0.204. The van der Waals surface area contributed by atoms with E-state index in [1.54, 1.807) is 6.08 Å². The van der Waals surface area contributed by atoms with Crippen LogP contribution in [0.1, 0.15) is 245 Å². The molecule has 0 spiro atoms. The van der Waals surface area contributed by atoms with Gasteiger partial charge in [-0.1, -0.05) is 253 Å². The first-order chi connectivity index (χ1) is 34.0. The number of nitrogens with one attached hydrogen (secondary N) is 1. The third-order valence-electron chi connectivity index (χ3n) is 12.6. The van der Waals surface area contributed by atoms with Gasteiger partial charge in [0.1, 0.15) is 13.2 Å². The molecule has 8 nitrogen and oxygen atoms in total. The van der Waals surface area contributed by atoms with Gasteiger partial charge < -0.3 is 28.8 Å². The Morgan fingerprint density at radius 3 is 1.27 bits per heavy atom. The maximum absolute atomic E-state index is 13.0. The number of carbonyl (C=O) groups excluding carboxylic acids is 1. The summed E-state index contributed by atoms with van der Waals surface area (Å²) >= 11 is 0. The highest BCUT2D eigenvalue weighted by Gasteiger charge is 2.23. The van der Waals surface area contributed by atoms with Crippen LogP contribution in [-0.4, -0.2) is 68.5 Å². The highest BCUT2D eigenvalue weighted by molar-refractivity contribution is 7.45. The van der Waals surface area contributed by atoms with E-state index in [0.29, 0.717) is 17.4 Å². The molecule has 0 saturated carbocycles. The molecule has 3 unspecified atom stereocenters. The largest absolute Gasteiger partial charge is 0.756 e. The number of phosphoric ester groups is 1. The van der Waals surface area contributed by atoms with Crippen LogP contribution in [0.2, 0.25) is 0 Å². The molecule has 0 heterocycles. The van der Waals surface area contributed by atoms with Gasteiger partial charge in [0, 0.05) is 6.42 Å². The molecule has 0 fully saturated rings. The van der Waals surface area contributed by atoms with Crippen molar-refractivity contribution in [2.45, 2.75) is 257 Å². The topological polar surface area (TPSA) is 108 Å². The lowest BCUT2D eigenvalue weighted by atomic mass is 10.0. The molecule has 0 rings (SSSR count). The SMILES string of the molecule is CC/C=C\C/C=C\C/C=C\C/C=C\C/C=C\C/C=C\CCCCCCCCCCCCC(=O)NC(COP(=O)([O-])OCC[N+](C)(C)C)C(O)/C=C/CCCCCCCCCCCCCCCCCCC. The molecule has 1 amide bonds. The number of likely N-dealkylation sites (N-methyl/N-ethyl adjacent to an activating group) is 1. The van der Waals surface area contributed by atoms with E-state index >= 15 is 0 Å². The lowest BCUT2D eigenvalue weighted by Gasteiger charge is -2.29. The summed E-state index contributed by atoms with van der Waals surface area (Å²) in [5.41, 5.74) is 0. The summed E-state index contributed by atoms with van der Waals surface area (Å²) in [4.78, 5) is 25.5. The van der Waals surface area contributed by atoms with E-state index in [4.69, 9.17) is 9.05 Å². The van der Waals surface area contributed by atoms with Crippen molar-refractivity contribution in [3.63, 3.8) is 0 Å². The second kappa shape index (κ2) is 51.6. The highest BCUT2D eigenvalue weighted by Crippen LogP contribution is 2.38. The zero-order chi connectivity index (χ0) is 51.3. The Hall–Kier alpha value is -2.32. The molecule has 0 saturated heterocycles. The minimum atomic E-state index is -4.60. The lowest BCUT2D eigenvalue weighted by Crippen LogP contribution is -2.45. The number of nitrogens with zero attached hydrogens (tertiary/aromatic N) is 1. The summed E-state index contributed by atoms with van der Waals surface area (Å²) in [5, 5.41) is 13.9. The predicted molar refractivity (Wildman–Crippen MR) is 302 cm³/mol. The Morgan fingerprint density at radius 1 is 0.514 bits per heavy atom. The molecule has 70 heavy (non-hydrogen) atoms. The van der Waals surface area contributed by atoms with Gasteiger partial charge in [-0.25, -0.2) is 0 Å². The maximum Gasteiger partial charge on any atom is 0.268 e. The van der Waals surface area contributed by atoms with Crippen LogP contribution in [0.15, 0.2) is 85.1 Å². The van der Waals surface area contributed by atoms with E-state index < -0.39 is 20.0 Å². The van der Waals surface area contributed by atoms with Crippen molar-refractivity contribution in [3.05, 3.63) is 85.1 Å². The second-order valence-electron chi connectivity index (χ2n) is 20.6. The molecule has 0 aliphatic heterocycles. The Morgan fingerprint density at radius 2 is 0.871 bits per heavy atom. The number of phosphoric acid groups is 1. The highest BCUT2D eigenvalue weighted by atomic mass is 31.2. The molecular weight excluding hydrogens is 888 g/mol. The van der Waals surface area contributed by atoms with Crippen LogP contribution in [-0.2, 0) is 18.4 Å². The summed E-state index contributed by atoms with van der Waals surface area (Å²) in [6, 6.07) is -0.894. The smallest absolute Gasteiger partial charge is 0.268 e. The maximum atomic E-state index is 13.0. The number of allylic oxidation sites excluding steroid dienone is 13. The summed E-state index contributed by atoms with van der Waals surface area (Å²) in [6.07, 6.45) is 72.2. The van der Waals surface area contributed by atoms with E-state index in [2.05, 4.69) is 92.1 Å². The number of unbranched alkanes of at least 4 members (excludes halogenated alkanes) is 27. The molecule has 0 aromatic rings. The number of aliphatic hydroxyl groups excluding tert-OH is 1. The number of aliphatic hydroxyl groups is 1. The number of hydrogen-bond acceptors (Lipinski definition) is 6. The minimum absolute atomic E-state index is 0.00511. The van der Waals surface area contributed by atoms with E-state index in [-0.39, 0.29) is 19.1 Å². The van der Waals surface area contributed by atoms with Crippen LogP contribution in [0.25, 0.3) is 0 Å². The summed E-state index contributed by atoms with van der Waals surface area (Å²) in [7, 11) is 1.25. The Balaban J connectivity index is 4.22. The van der Waals surface area contributed by atoms with E-state index in [1.165, 1.54) is 141 Å². The van der Waals surface area contributed by atoms with Crippen LogP contribution in [0, 0.1) is 0 Å². The van der Waals surface area contributed by atoms with Gasteiger partial charge >= 0.3 is 0 Å². The summed E-state index contributed by atoms with van der Waals surface area (Å²) in [6.45, 7) is 4.54. The van der Waals surface area contributed by atoms with E-state index in [9.17, 15) is 19.4 Å². The van der Waals surface area contributed by atoms with Gasteiger partial charge in [0.05, 0.1) is 39.9 Å². The molecule has 9 heteroatoms. The molecular formula is C61H111N2O6P. The number of carbonyl (C=O) groups is 1. The van der Waals surface area contributed by atoms with Gasteiger partial charge in [-0.2, -0.15) is 0 Å². The van der Waals surface area contributed by atoms with Crippen LogP contribution in [0.3, 0.4) is 0 Å². The minimum Gasteiger partial charge on any atom is -0.756 e. The zero-order valence-corrected chi connectivity index (χ0v) is 47.1. The normalized spacial score (nSPS) is 14.6. The fraction of sp³-hybridized carbons (Fsp3) is 0.754. The molecule has 0 bridgehead atoms. The molecule has 3 atom stereocenters. The van der Waals surface area contributed by atoms with Crippen LogP contribution in [0.4, 0.5) is 0 Å². The van der Waals surface area contributed by atoms with Crippen LogP contribution in [0.5, 0.6) is 0 Å². The third-order valence-corrected chi connectivity index (χ3v) is 13.6. The van der Waals surface area contributed by atoms with Crippen molar-refractivity contribution in [1.29, 1.82) is 0 Å². The average molecular weight is 1000 g/mol. The Bertz CT molecular complexity index is 1410. The number of amides is 1. The first-order valence-electron chi connectivity index (χ1n) is 28.9. The van der Waals surface area contributed by atoms with Gasteiger partial charge in [-0.05, 0) is 70.6 Å². The zero-order valence-electron chi connectivity index (χ0n) is 46.2. The van der Waals surface area contributed by atoms with Gasteiger partial charge in [0.15, 0.2) is 0 Å². The Labute approximate surface area is 433 Å². The Kier molecular flexibility index (Phi) is 49.9.